The van der Waals surface area contributed by atoms with Gasteiger partial charge in [-0.1, -0.05) is 19.4 Å². The van der Waals surface area contributed by atoms with Crippen molar-refractivity contribution < 1.29 is 9.53 Å². The van der Waals surface area contributed by atoms with E-state index in [9.17, 15) is 4.79 Å². The van der Waals surface area contributed by atoms with Crippen LogP contribution in [0.5, 0.6) is 0 Å². The van der Waals surface area contributed by atoms with Crippen molar-refractivity contribution in [2.45, 2.75) is 59.0 Å². The van der Waals surface area contributed by atoms with Gasteiger partial charge in [0.25, 0.3) is 0 Å². The van der Waals surface area contributed by atoms with Gasteiger partial charge in [0.05, 0.1) is 0 Å². The second-order valence-electron chi connectivity index (χ2n) is 5.95. The summed E-state index contributed by atoms with van der Waals surface area (Å²) in [6.45, 7) is 8.43. The monoisotopic (exact) mass is 224 g/mol. The molecule has 0 spiro atoms. The first-order chi connectivity index (χ1) is 7.31. The van der Waals surface area contributed by atoms with E-state index in [4.69, 9.17) is 4.74 Å². The van der Waals surface area contributed by atoms with Crippen LogP contribution in [0.4, 0.5) is 0 Å². The van der Waals surface area contributed by atoms with Gasteiger partial charge in [0.1, 0.15) is 5.60 Å². The summed E-state index contributed by atoms with van der Waals surface area (Å²) in [5.41, 5.74) is 0.853. The number of carbonyl (C=O) groups excluding carboxylic acids is 1. The summed E-state index contributed by atoms with van der Waals surface area (Å²) in [5, 5.41) is 0. The molecule has 0 aliphatic heterocycles. The van der Waals surface area contributed by atoms with Crippen LogP contribution in [-0.4, -0.2) is 18.5 Å². The van der Waals surface area contributed by atoms with E-state index in [0.717, 1.165) is 31.3 Å². The maximum absolute atomic E-state index is 12.2. The Morgan fingerprint density at radius 1 is 1.12 bits per heavy atom. The molecule has 16 heavy (non-hydrogen) atoms. The second kappa shape index (κ2) is 4.70. The van der Waals surface area contributed by atoms with Crippen LogP contribution in [0.25, 0.3) is 0 Å². The molecule has 0 radical (unpaired) electrons. The van der Waals surface area contributed by atoms with Gasteiger partial charge >= 0.3 is 0 Å². The number of hydrogen-bond donors (Lipinski definition) is 0. The molecule has 0 atom stereocenters. The van der Waals surface area contributed by atoms with Crippen LogP contribution in [0.15, 0.2) is 11.6 Å². The molecule has 0 amide bonds. The van der Waals surface area contributed by atoms with Crippen molar-refractivity contribution in [3.8, 4) is 0 Å². The lowest BCUT2D eigenvalue weighted by Gasteiger charge is -2.41. The molecule has 92 valence electrons. The minimum atomic E-state index is -0.549. The maximum atomic E-state index is 12.2. The summed E-state index contributed by atoms with van der Waals surface area (Å²) in [5.74, 6) is 0.144. The van der Waals surface area contributed by atoms with Gasteiger partial charge in [-0.05, 0) is 51.0 Å². The van der Waals surface area contributed by atoms with Crippen LogP contribution in [0, 0.1) is 5.41 Å². The third kappa shape index (κ3) is 2.94. The Morgan fingerprint density at radius 2 is 1.62 bits per heavy atom. The largest absolute Gasteiger partial charge is 0.370 e. The fourth-order valence-electron chi connectivity index (χ4n) is 2.28. The van der Waals surface area contributed by atoms with Crippen molar-refractivity contribution >= 4 is 5.78 Å². The predicted molar refractivity (Wildman–Crippen MR) is 66.4 cm³/mol. The zero-order valence-corrected chi connectivity index (χ0v) is 11.2. The second-order valence-corrected chi connectivity index (χ2v) is 5.95. The van der Waals surface area contributed by atoms with Crippen LogP contribution in [0.2, 0.25) is 0 Å². The summed E-state index contributed by atoms with van der Waals surface area (Å²) >= 11 is 0. The molecular formula is C14H24O2. The van der Waals surface area contributed by atoms with Crippen molar-refractivity contribution in [2.24, 2.45) is 5.41 Å². The number of allylic oxidation sites excluding steroid dienone is 1. The number of hydrogen-bond acceptors (Lipinski definition) is 2. The number of methoxy groups -OCH3 is 1. The van der Waals surface area contributed by atoms with E-state index in [1.54, 1.807) is 13.2 Å². The normalized spacial score (nSPS) is 22.6. The molecule has 0 aromatic rings. The van der Waals surface area contributed by atoms with Gasteiger partial charge in [-0.3, -0.25) is 4.79 Å². The smallest absolute Gasteiger partial charge is 0.187 e. The molecule has 2 nitrogen and oxygen atoms in total. The molecule has 0 bridgehead atoms. The number of ketones is 1. The van der Waals surface area contributed by atoms with E-state index in [0.29, 0.717) is 5.41 Å². The number of ether oxygens (including phenoxy) is 1. The first-order valence-corrected chi connectivity index (χ1v) is 6.06. The van der Waals surface area contributed by atoms with E-state index in [1.165, 1.54) is 0 Å². The Labute approximate surface area is 99.1 Å². The topological polar surface area (TPSA) is 26.3 Å². The highest BCUT2D eigenvalue weighted by molar-refractivity contribution is 5.97. The van der Waals surface area contributed by atoms with Gasteiger partial charge in [0.2, 0.25) is 0 Å². The van der Waals surface area contributed by atoms with Gasteiger partial charge < -0.3 is 4.74 Å². The Kier molecular flexibility index (Phi) is 3.95. The Morgan fingerprint density at radius 3 is 2.00 bits per heavy atom. The quantitative estimate of drug-likeness (QED) is 0.686. The van der Waals surface area contributed by atoms with Gasteiger partial charge in [-0.25, -0.2) is 0 Å². The van der Waals surface area contributed by atoms with Crippen molar-refractivity contribution in [3.05, 3.63) is 11.6 Å². The van der Waals surface area contributed by atoms with E-state index >= 15 is 0 Å². The summed E-state index contributed by atoms with van der Waals surface area (Å²) in [4.78, 5) is 12.2. The van der Waals surface area contributed by atoms with Crippen molar-refractivity contribution in [3.63, 3.8) is 0 Å². The van der Waals surface area contributed by atoms with Crippen LogP contribution in [0.3, 0.4) is 0 Å². The van der Waals surface area contributed by atoms with Gasteiger partial charge in [-0.2, -0.15) is 0 Å². The van der Waals surface area contributed by atoms with E-state index in [1.807, 2.05) is 13.8 Å². The molecule has 1 fully saturated rings. The van der Waals surface area contributed by atoms with Crippen LogP contribution in [-0.2, 0) is 9.53 Å². The Balaban J connectivity index is 2.81. The zero-order chi connectivity index (χ0) is 12.4. The lowest BCUT2D eigenvalue weighted by atomic mass is 9.69. The molecule has 1 rings (SSSR count). The highest BCUT2D eigenvalue weighted by Gasteiger charge is 2.42. The molecule has 0 N–H and O–H groups in total. The van der Waals surface area contributed by atoms with E-state index < -0.39 is 5.60 Å². The Hall–Kier alpha value is -0.630. The van der Waals surface area contributed by atoms with Crippen LogP contribution in [0.1, 0.15) is 53.4 Å². The van der Waals surface area contributed by atoms with Crippen LogP contribution < -0.4 is 0 Å². The van der Waals surface area contributed by atoms with Crippen LogP contribution >= 0.6 is 0 Å². The summed E-state index contributed by atoms with van der Waals surface area (Å²) in [6, 6.07) is 0. The highest BCUT2D eigenvalue weighted by Crippen LogP contribution is 2.42. The third-order valence-corrected chi connectivity index (χ3v) is 3.67. The predicted octanol–water partition coefficient (Wildman–Crippen LogP) is 3.51. The average Bonchev–Trinajstić information content (AvgIpc) is 2.17. The average molecular weight is 224 g/mol. The fraction of sp³-hybridized carbons (Fsp3) is 0.786. The van der Waals surface area contributed by atoms with E-state index in [2.05, 4.69) is 13.8 Å². The van der Waals surface area contributed by atoms with Crippen molar-refractivity contribution in [1.29, 1.82) is 0 Å². The molecule has 0 saturated heterocycles. The minimum Gasteiger partial charge on any atom is -0.370 e. The number of rotatable bonds is 3. The molecule has 0 aromatic carbocycles. The molecule has 1 aliphatic rings. The van der Waals surface area contributed by atoms with Gasteiger partial charge in [0.15, 0.2) is 5.78 Å². The molecule has 2 heteroatoms. The minimum absolute atomic E-state index is 0.144. The SMILES string of the molecule is COC1(C(=O)C=C(C)C)CCC(C)(C)CC1. The van der Waals surface area contributed by atoms with Crippen molar-refractivity contribution in [2.75, 3.05) is 7.11 Å². The molecule has 0 heterocycles. The summed E-state index contributed by atoms with van der Waals surface area (Å²) < 4.78 is 5.54. The molecule has 0 aromatic heterocycles. The zero-order valence-electron chi connectivity index (χ0n) is 11.2. The molecule has 1 saturated carbocycles. The van der Waals surface area contributed by atoms with Crippen molar-refractivity contribution in [1.82, 2.24) is 0 Å². The van der Waals surface area contributed by atoms with Gasteiger partial charge in [0, 0.05) is 7.11 Å². The van der Waals surface area contributed by atoms with E-state index in [-0.39, 0.29) is 5.78 Å². The first kappa shape index (κ1) is 13.4. The summed E-state index contributed by atoms with van der Waals surface area (Å²) in [7, 11) is 1.66. The Bertz CT molecular complexity index is 286. The number of carbonyl (C=O) groups is 1. The summed E-state index contributed by atoms with van der Waals surface area (Å²) in [6.07, 6.45) is 5.53. The fourth-order valence-corrected chi connectivity index (χ4v) is 2.28. The lowest BCUT2D eigenvalue weighted by Crippen LogP contribution is -2.45. The molecule has 0 unspecified atom stereocenters. The first-order valence-electron chi connectivity index (χ1n) is 6.06. The molecular weight excluding hydrogens is 200 g/mol. The molecule has 1 aliphatic carbocycles. The lowest BCUT2D eigenvalue weighted by molar-refractivity contribution is -0.142. The highest BCUT2D eigenvalue weighted by atomic mass is 16.5. The van der Waals surface area contributed by atoms with Gasteiger partial charge in [-0.15, -0.1) is 0 Å². The standard InChI is InChI=1S/C14H24O2/c1-11(2)10-12(15)14(16-5)8-6-13(3,4)7-9-14/h10H,6-9H2,1-5H3. The maximum Gasteiger partial charge on any atom is 0.187 e. The third-order valence-electron chi connectivity index (χ3n) is 3.67.